The first kappa shape index (κ1) is 14.4. The van der Waals surface area contributed by atoms with Crippen LogP contribution in [0.4, 0.5) is 0 Å². The van der Waals surface area contributed by atoms with Crippen molar-refractivity contribution in [1.29, 1.82) is 0 Å². The monoisotopic (exact) mass is 234 g/mol. The Morgan fingerprint density at radius 1 is 1.29 bits per heavy atom. The fourth-order valence-electron chi connectivity index (χ4n) is 1.52. The summed E-state index contributed by atoms with van der Waals surface area (Å²) in [5.41, 5.74) is 0. The quantitative estimate of drug-likeness (QED) is 0.497. The van der Waals surface area contributed by atoms with Crippen molar-refractivity contribution in [1.82, 2.24) is 0 Å². The molecule has 14 heavy (non-hydrogen) atoms. The van der Waals surface area contributed by atoms with Gasteiger partial charge in [-0.1, -0.05) is 19.8 Å². The Morgan fingerprint density at radius 3 is 2.29 bits per heavy atom. The lowest BCUT2D eigenvalue weighted by atomic mass is 10.4. The molecule has 0 amide bonds. The van der Waals surface area contributed by atoms with Crippen LogP contribution in [0.2, 0.25) is 32.2 Å². The first-order chi connectivity index (χ1) is 6.37. The number of hydrogen-bond acceptors (Lipinski definition) is 2. The molecule has 0 N–H and O–H groups in total. The molecule has 1 unspecified atom stereocenters. The number of unbranched alkanes of at least 4 members (excludes halogenated alkanes) is 1. The van der Waals surface area contributed by atoms with Gasteiger partial charge in [0.25, 0.3) is 0 Å². The second-order valence-electron chi connectivity index (χ2n) is 4.73. The molecule has 0 heterocycles. The second-order valence-corrected chi connectivity index (χ2v) is 11.4. The van der Waals surface area contributed by atoms with Crippen LogP contribution in [0.15, 0.2) is 0 Å². The molecule has 0 saturated heterocycles. The van der Waals surface area contributed by atoms with Crippen LogP contribution in [0.3, 0.4) is 0 Å². The molecule has 0 rings (SSSR count). The van der Waals surface area contributed by atoms with Gasteiger partial charge >= 0.3 is 0 Å². The molecule has 0 aliphatic carbocycles. The molecule has 0 aliphatic rings. The topological polar surface area (TPSA) is 18.5 Å². The summed E-state index contributed by atoms with van der Waals surface area (Å²) in [5.74, 6) is 0. The predicted molar refractivity (Wildman–Crippen MR) is 67.7 cm³/mol. The fourth-order valence-corrected chi connectivity index (χ4v) is 4.73. The van der Waals surface area contributed by atoms with E-state index in [0.29, 0.717) is 0 Å². The molecule has 0 bridgehead atoms. The van der Waals surface area contributed by atoms with E-state index in [1.807, 2.05) is 6.92 Å². The summed E-state index contributed by atoms with van der Waals surface area (Å²) in [4.78, 5) is 0. The molecule has 4 heteroatoms. The minimum absolute atomic E-state index is 0.0141. The van der Waals surface area contributed by atoms with Crippen molar-refractivity contribution in [3.05, 3.63) is 0 Å². The van der Waals surface area contributed by atoms with Gasteiger partial charge in [-0.2, -0.15) is 0 Å². The maximum atomic E-state index is 6.00. The van der Waals surface area contributed by atoms with Gasteiger partial charge in [-0.05, 0) is 39.2 Å². The second kappa shape index (κ2) is 6.77. The Kier molecular flexibility index (Phi) is 6.94. The predicted octanol–water partition coefficient (Wildman–Crippen LogP) is 3.35. The third-order valence-corrected chi connectivity index (χ3v) is 5.54. The van der Waals surface area contributed by atoms with Crippen molar-refractivity contribution in [2.45, 2.75) is 65.2 Å². The minimum atomic E-state index is -1.46. The molecule has 1 atom stereocenters. The first-order valence-electron chi connectivity index (χ1n) is 5.70. The Hall–Kier alpha value is 0.354. The average molecular weight is 234 g/mol. The van der Waals surface area contributed by atoms with Crippen molar-refractivity contribution in [3.63, 3.8) is 0 Å². The lowest BCUT2D eigenvalue weighted by Gasteiger charge is -2.28. The highest BCUT2D eigenvalue weighted by Gasteiger charge is 2.24. The van der Waals surface area contributed by atoms with E-state index in [-0.39, 0.29) is 6.29 Å². The normalized spacial score (nSPS) is 14.8. The zero-order valence-electron chi connectivity index (χ0n) is 10.6. The van der Waals surface area contributed by atoms with Gasteiger partial charge in [0.2, 0.25) is 0 Å². The molecular weight excluding hydrogens is 208 g/mol. The molecule has 0 aliphatic heterocycles. The SMILES string of the molecule is CCCC[Si](C)(C)OC(C)O[SiH](C)C. The van der Waals surface area contributed by atoms with Crippen LogP contribution in [-0.4, -0.2) is 23.6 Å². The third-order valence-electron chi connectivity index (χ3n) is 2.08. The average Bonchev–Trinajstić information content (AvgIpc) is 1.98. The maximum absolute atomic E-state index is 6.00. The first-order valence-corrected chi connectivity index (χ1v) is 11.6. The standard InChI is InChI=1S/C10H26O2Si2/c1-7-8-9-14(5,6)12-10(2)11-13(3)4/h10,13H,7-9H2,1-6H3. The van der Waals surface area contributed by atoms with Crippen LogP contribution in [0.25, 0.3) is 0 Å². The van der Waals surface area contributed by atoms with Gasteiger partial charge in [0.05, 0.1) is 0 Å². The molecule has 0 fully saturated rings. The van der Waals surface area contributed by atoms with Gasteiger partial charge in [0, 0.05) is 0 Å². The molecule has 0 saturated carbocycles. The molecule has 0 spiro atoms. The molecule has 0 aromatic carbocycles. The van der Waals surface area contributed by atoms with E-state index in [1.54, 1.807) is 0 Å². The highest BCUT2D eigenvalue weighted by Crippen LogP contribution is 2.17. The van der Waals surface area contributed by atoms with Crippen LogP contribution >= 0.6 is 0 Å². The van der Waals surface area contributed by atoms with E-state index < -0.39 is 17.4 Å². The number of rotatable bonds is 7. The Balaban J connectivity index is 3.82. The van der Waals surface area contributed by atoms with Crippen LogP contribution in [0.1, 0.15) is 26.7 Å². The van der Waals surface area contributed by atoms with Crippen LogP contribution in [0, 0.1) is 0 Å². The van der Waals surface area contributed by atoms with Crippen molar-refractivity contribution in [2.75, 3.05) is 0 Å². The van der Waals surface area contributed by atoms with E-state index in [2.05, 4.69) is 33.1 Å². The summed E-state index contributed by atoms with van der Waals surface area (Å²) < 4.78 is 11.7. The lowest BCUT2D eigenvalue weighted by Crippen LogP contribution is -2.36. The molecule has 0 aromatic heterocycles. The summed E-state index contributed by atoms with van der Waals surface area (Å²) in [5, 5.41) is 0. The minimum Gasteiger partial charge on any atom is -0.397 e. The van der Waals surface area contributed by atoms with E-state index in [1.165, 1.54) is 18.9 Å². The molecule has 0 radical (unpaired) electrons. The molecular formula is C10H26O2Si2. The van der Waals surface area contributed by atoms with Gasteiger partial charge < -0.3 is 8.85 Å². The van der Waals surface area contributed by atoms with Gasteiger partial charge in [-0.3, -0.25) is 0 Å². The van der Waals surface area contributed by atoms with Crippen LogP contribution < -0.4 is 0 Å². The summed E-state index contributed by atoms with van der Waals surface area (Å²) in [6, 6.07) is 1.25. The van der Waals surface area contributed by atoms with Crippen molar-refractivity contribution in [2.24, 2.45) is 0 Å². The zero-order chi connectivity index (χ0) is 11.2. The Morgan fingerprint density at radius 2 is 1.86 bits per heavy atom. The smallest absolute Gasteiger partial charge is 0.190 e. The van der Waals surface area contributed by atoms with Crippen molar-refractivity contribution >= 4 is 17.4 Å². The molecule has 0 aromatic rings. The summed E-state index contributed by atoms with van der Waals surface area (Å²) >= 11 is 0. The van der Waals surface area contributed by atoms with Crippen molar-refractivity contribution in [3.8, 4) is 0 Å². The van der Waals surface area contributed by atoms with Gasteiger partial charge in [-0.25, -0.2) is 0 Å². The van der Waals surface area contributed by atoms with Gasteiger partial charge in [0.1, 0.15) is 6.29 Å². The molecule has 2 nitrogen and oxygen atoms in total. The molecule has 86 valence electrons. The summed E-state index contributed by atoms with van der Waals surface area (Å²) in [6.07, 6.45) is 2.55. The highest BCUT2D eigenvalue weighted by molar-refractivity contribution is 6.71. The lowest BCUT2D eigenvalue weighted by molar-refractivity contribution is 0.0132. The summed E-state index contributed by atoms with van der Waals surface area (Å²) in [7, 11) is -2.40. The summed E-state index contributed by atoms with van der Waals surface area (Å²) in [6.45, 7) is 13.2. The number of hydrogen-bond donors (Lipinski definition) is 0. The van der Waals surface area contributed by atoms with E-state index in [4.69, 9.17) is 8.85 Å². The van der Waals surface area contributed by atoms with Crippen molar-refractivity contribution < 1.29 is 8.85 Å². The van der Waals surface area contributed by atoms with Crippen LogP contribution in [-0.2, 0) is 8.85 Å². The Bertz CT molecular complexity index is 149. The van der Waals surface area contributed by atoms with E-state index in [0.717, 1.165) is 0 Å². The fraction of sp³-hybridized carbons (Fsp3) is 1.00. The highest BCUT2D eigenvalue weighted by atomic mass is 28.4. The largest absolute Gasteiger partial charge is 0.397 e. The zero-order valence-corrected chi connectivity index (χ0v) is 12.7. The maximum Gasteiger partial charge on any atom is 0.190 e. The van der Waals surface area contributed by atoms with E-state index in [9.17, 15) is 0 Å². The van der Waals surface area contributed by atoms with Gasteiger partial charge in [-0.15, -0.1) is 0 Å². The van der Waals surface area contributed by atoms with Gasteiger partial charge in [0.15, 0.2) is 17.4 Å². The third kappa shape index (κ3) is 7.73. The Labute approximate surface area is 91.9 Å². The van der Waals surface area contributed by atoms with E-state index >= 15 is 0 Å². The van der Waals surface area contributed by atoms with Crippen LogP contribution in [0.5, 0.6) is 0 Å².